The molecule has 0 aliphatic rings. The van der Waals surface area contributed by atoms with Gasteiger partial charge < -0.3 is 5.32 Å². The minimum atomic E-state index is 0.110. The number of thiazole rings is 1. The molecule has 0 fully saturated rings. The van der Waals surface area contributed by atoms with Crippen LogP contribution in [0.25, 0.3) is 0 Å². The fourth-order valence-electron chi connectivity index (χ4n) is 1.46. The number of aromatic nitrogens is 3. The summed E-state index contributed by atoms with van der Waals surface area (Å²) in [6.07, 6.45) is 1.87. The monoisotopic (exact) mass is 268 g/mol. The van der Waals surface area contributed by atoms with Crippen molar-refractivity contribution in [1.82, 2.24) is 15.0 Å². The molecule has 2 rings (SSSR count). The Hall–Kier alpha value is -1.20. The zero-order valence-corrected chi connectivity index (χ0v) is 11.4. The van der Waals surface area contributed by atoms with Crippen molar-refractivity contribution in [1.29, 1.82) is 0 Å². The van der Waals surface area contributed by atoms with Gasteiger partial charge in [-0.3, -0.25) is 0 Å². The molecule has 2 heterocycles. The molecule has 0 aromatic carbocycles. The van der Waals surface area contributed by atoms with Crippen molar-refractivity contribution in [3.63, 3.8) is 0 Å². The van der Waals surface area contributed by atoms with E-state index in [0.717, 1.165) is 10.8 Å². The first-order valence-electron chi connectivity index (χ1n) is 5.24. The molecule has 0 amide bonds. The molecular weight excluding hydrogens is 256 g/mol. The maximum atomic E-state index is 5.88. The Kier molecular flexibility index (Phi) is 3.59. The van der Waals surface area contributed by atoms with Crippen molar-refractivity contribution >= 4 is 28.8 Å². The lowest BCUT2D eigenvalue weighted by Crippen LogP contribution is -2.08. The van der Waals surface area contributed by atoms with E-state index < -0.39 is 0 Å². The molecular formula is C11H13ClN4S. The van der Waals surface area contributed by atoms with E-state index in [1.54, 1.807) is 17.4 Å². The molecule has 0 aliphatic heterocycles. The van der Waals surface area contributed by atoms with Gasteiger partial charge in [-0.05, 0) is 20.8 Å². The molecule has 0 spiro atoms. The van der Waals surface area contributed by atoms with Crippen molar-refractivity contribution in [3.05, 3.63) is 33.1 Å². The lowest BCUT2D eigenvalue weighted by Gasteiger charge is -2.12. The van der Waals surface area contributed by atoms with Crippen molar-refractivity contribution < 1.29 is 0 Å². The quantitative estimate of drug-likeness (QED) is 0.867. The van der Waals surface area contributed by atoms with Crippen LogP contribution in [0.3, 0.4) is 0 Å². The number of halogens is 1. The Morgan fingerprint density at radius 3 is 2.71 bits per heavy atom. The van der Waals surface area contributed by atoms with E-state index in [2.05, 4.69) is 20.3 Å². The number of anilines is 1. The summed E-state index contributed by atoms with van der Waals surface area (Å²) in [7, 11) is 0. The van der Waals surface area contributed by atoms with Crippen LogP contribution in [0, 0.1) is 13.8 Å². The van der Waals surface area contributed by atoms with E-state index in [-0.39, 0.29) is 6.04 Å². The highest BCUT2D eigenvalue weighted by atomic mass is 35.5. The Balaban J connectivity index is 2.15. The van der Waals surface area contributed by atoms with Crippen LogP contribution in [-0.4, -0.2) is 15.0 Å². The van der Waals surface area contributed by atoms with Gasteiger partial charge in [0, 0.05) is 17.1 Å². The van der Waals surface area contributed by atoms with E-state index in [1.165, 1.54) is 4.88 Å². The van der Waals surface area contributed by atoms with E-state index in [9.17, 15) is 0 Å². The summed E-state index contributed by atoms with van der Waals surface area (Å²) in [5, 5.41) is 4.75. The van der Waals surface area contributed by atoms with E-state index >= 15 is 0 Å². The molecule has 1 unspecified atom stereocenters. The number of aryl methyl sites for hydroxylation is 2. The van der Waals surface area contributed by atoms with Crippen molar-refractivity contribution in [2.45, 2.75) is 26.8 Å². The molecule has 0 saturated carbocycles. The van der Waals surface area contributed by atoms with Crippen molar-refractivity contribution in [3.8, 4) is 0 Å². The lowest BCUT2D eigenvalue weighted by atomic mass is 10.3. The van der Waals surface area contributed by atoms with Gasteiger partial charge in [-0.15, -0.1) is 11.3 Å². The smallest absolute Gasteiger partial charge is 0.134 e. The molecule has 17 heavy (non-hydrogen) atoms. The third-order valence-electron chi connectivity index (χ3n) is 2.18. The molecule has 1 atom stereocenters. The highest BCUT2D eigenvalue weighted by Gasteiger charge is 2.10. The van der Waals surface area contributed by atoms with Gasteiger partial charge in [-0.1, -0.05) is 11.6 Å². The highest BCUT2D eigenvalue weighted by molar-refractivity contribution is 7.11. The predicted octanol–water partition coefficient (Wildman–Crippen LogP) is 3.38. The summed E-state index contributed by atoms with van der Waals surface area (Å²) in [6, 6.07) is 1.82. The molecule has 0 saturated heterocycles. The summed E-state index contributed by atoms with van der Waals surface area (Å²) in [5.41, 5.74) is 0. The number of hydrogen-bond acceptors (Lipinski definition) is 5. The van der Waals surface area contributed by atoms with Gasteiger partial charge in [0.2, 0.25) is 0 Å². The van der Waals surface area contributed by atoms with Crippen LogP contribution in [0.2, 0.25) is 5.15 Å². The van der Waals surface area contributed by atoms with Crippen LogP contribution in [0.1, 0.15) is 28.7 Å². The maximum Gasteiger partial charge on any atom is 0.134 e. The standard InChI is InChI=1S/C11H13ClN4S/c1-6-5-13-11(17-6)7(2)14-10-4-9(12)15-8(3)16-10/h4-5,7H,1-3H3,(H,14,15,16). The molecule has 1 N–H and O–H groups in total. The summed E-state index contributed by atoms with van der Waals surface area (Å²) in [4.78, 5) is 13.8. The van der Waals surface area contributed by atoms with E-state index in [0.29, 0.717) is 11.0 Å². The second-order valence-corrected chi connectivity index (χ2v) is 5.45. The summed E-state index contributed by atoms with van der Waals surface area (Å²) in [6.45, 7) is 5.90. The lowest BCUT2D eigenvalue weighted by molar-refractivity contribution is 0.854. The number of rotatable bonds is 3. The third-order valence-corrected chi connectivity index (χ3v) is 3.47. The maximum absolute atomic E-state index is 5.88. The fraction of sp³-hybridized carbons (Fsp3) is 0.364. The van der Waals surface area contributed by atoms with Crippen LogP contribution < -0.4 is 5.32 Å². The second-order valence-electron chi connectivity index (χ2n) is 3.80. The molecule has 2 aromatic rings. The Bertz CT molecular complexity index is 506. The molecule has 6 heteroatoms. The topological polar surface area (TPSA) is 50.7 Å². The molecule has 2 aromatic heterocycles. The zero-order valence-electron chi connectivity index (χ0n) is 9.86. The van der Waals surface area contributed by atoms with Gasteiger partial charge in [0.05, 0.1) is 6.04 Å². The summed E-state index contributed by atoms with van der Waals surface area (Å²) in [5.74, 6) is 1.38. The normalized spacial score (nSPS) is 12.5. The minimum Gasteiger partial charge on any atom is -0.361 e. The molecule has 0 aliphatic carbocycles. The average molecular weight is 269 g/mol. The van der Waals surface area contributed by atoms with E-state index in [1.807, 2.05) is 27.0 Å². The predicted molar refractivity (Wildman–Crippen MR) is 70.7 cm³/mol. The fourth-order valence-corrected chi connectivity index (χ4v) is 2.46. The van der Waals surface area contributed by atoms with Gasteiger partial charge in [0.25, 0.3) is 0 Å². The van der Waals surface area contributed by atoms with Crippen LogP contribution in [-0.2, 0) is 0 Å². The summed E-state index contributed by atoms with van der Waals surface area (Å²) < 4.78 is 0. The van der Waals surface area contributed by atoms with Crippen LogP contribution in [0.5, 0.6) is 0 Å². The zero-order chi connectivity index (χ0) is 12.4. The first-order valence-corrected chi connectivity index (χ1v) is 6.44. The SMILES string of the molecule is Cc1nc(Cl)cc(NC(C)c2ncc(C)s2)n1. The van der Waals surface area contributed by atoms with Crippen molar-refractivity contribution in [2.24, 2.45) is 0 Å². The largest absolute Gasteiger partial charge is 0.361 e. The summed E-state index contributed by atoms with van der Waals surface area (Å²) >= 11 is 7.55. The van der Waals surface area contributed by atoms with Crippen LogP contribution in [0.4, 0.5) is 5.82 Å². The molecule has 90 valence electrons. The molecule has 0 radical (unpaired) electrons. The van der Waals surface area contributed by atoms with E-state index in [4.69, 9.17) is 11.6 Å². The van der Waals surface area contributed by atoms with Gasteiger partial charge >= 0.3 is 0 Å². The third kappa shape index (κ3) is 3.14. The van der Waals surface area contributed by atoms with Gasteiger partial charge in [-0.25, -0.2) is 15.0 Å². The Morgan fingerprint density at radius 1 is 1.35 bits per heavy atom. The Labute approximate surface area is 109 Å². The first-order chi connectivity index (χ1) is 8.04. The van der Waals surface area contributed by atoms with Gasteiger partial charge in [-0.2, -0.15) is 0 Å². The van der Waals surface area contributed by atoms with Crippen molar-refractivity contribution in [2.75, 3.05) is 5.32 Å². The molecule has 0 bridgehead atoms. The second kappa shape index (κ2) is 4.98. The van der Waals surface area contributed by atoms with Crippen LogP contribution >= 0.6 is 22.9 Å². The number of hydrogen-bond donors (Lipinski definition) is 1. The minimum absolute atomic E-state index is 0.110. The highest BCUT2D eigenvalue weighted by Crippen LogP contribution is 2.23. The number of nitrogens with one attached hydrogen (secondary N) is 1. The van der Waals surface area contributed by atoms with Crippen LogP contribution in [0.15, 0.2) is 12.3 Å². The molecule has 4 nitrogen and oxygen atoms in total. The van der Waals surface area contributed by atoms with Gasteiger partial charge in [0.1, 0.15) is 21.8 Å². The Morgan fingerprint density at radius 2 is 2.12 bits per heavy atom. The average Bonchev–Trinajstić information content (AvgIpc) is 2.63. The number of nitrogens with zero attached hydrogens (tertiary/aromatic N) is 3. The first kappa shape index (κ1) is 12.3. The van der Waals surface area contributed by atoms with Gasteiger partial charge in [0.15, 0.2) is 0 Å².